The standard InChI is InChI=1S/C13H12N2O2S/c1-8-4-2-3-5-11(8)18-12-10(14)6-9(7-15-12)13(16)17/h2-7H,14H2,1H3,(H,16,17). The summed E-state index contributed by atoms with van der Waals surface area (Å²) in [6, 6.07) is 9.31. The Balaban J connectivity index is 2.30. The SMILES string of the molecule is Cc1ccccc1Sc1ncc(C(=O)O)cc1N. The number of nitrogens with two attached hydrogens (primary N) is 1. The third kappa shape index (κ3) is 2.62. The smallest absolute Gasteiger partial charge is 0.337 e. The number of aromatic carboxylic acids is 1. The van der Waals surface area contributed by atoms with Crippen molar-refractivity contribution in [1.29, 1.82) is 0 Å². The maximum absolute atomic E-state index is 10.8. The molecule has 0 bridgehead atoms. The van der Waals surface area contributed by atoms with Gasteiger partial charge in [0.25, 0.3) is 0 Å². The predicted octanol–water partition coefficient (Wildman–Crippen LogP) is 2.82. The van der Waals surface area contributed by atoms with Crippen molar-refractivity contribution in [1.82, 2.24) is 4.98 Å². The summed E-state index contributed by atoms with van der Waals surface area (Å²) in [6.45, 7) is 2.00. The van der Waals surface area contributed by atoms with Crippen molar-refractivity contribution in [3.63, 3.8) is 0 Å². The van der Waals surface area contributed by atoms with Crippen LogP contribution in [0.5, 0.6) is 0 Å². The lowest BCUT2D eigenvalue weighted by molar-refractivity contribution is 0.0696. The molecule has 1 aromatic heterocycles. The summed E-state index contributed by atoms with van der Waals surface area (Å²) in [5, 5.41) is 9.45. The molecule has 4 nitrogen and oxygen atoms in total. The zero-order valence-electron chi connectivity index (χ0n) is 9.75. The molecule has 0 amide bonds. The Morgan fingerprint density at radius 3 is 2.72 bits per heavy atom. The number of anilines is 1. The molecule has 0 saturated carbocycles. The van der Waals surface area contributed by atoms with Gasteiger partial charge in [-0.25, -0.2) is 9.78 Å². The number of carbonyl (C=O) groups is 1. The van der Waals surface area contributed by atoms with Gasteiger partial charge in [-0.05, 0) is 24.6 Å². The average Bonchev–Trinajstić information content (AvgIpc) is 2.34. The third-order valence-electron chi connectivity index (χ3n) is 2.43. The van der Waals surface area contributed by atoms with E-state index in [2.05, 4.69) is 4.98 Å². The second-order valence-corrected chi connectivity index (χ2v) is 4.82. The topological polar surface area (TPSA) is 76.2 Å². The first-order valence-electron chi connectivity index (χ1n) is 5.30. The zero-order chi connectivity index (χ0) is 13.1. The zero-order valence-corrected chi connectivity index (χ0v) is 10.6. The molecular weight excluding hydrogens is 248 g/mol. The molecule has 0 atom stereocenters. The van der Waals surface area contributed by atoms with Crippen molar-refractivity contribution in [3.8, 4) is 0 Å². The van der Waals surface area contributed by atoms with Crippen LogP contribution in [0.1, 0.15) is 15.9 Å². The lowest BCUT2D eigenvalue weighted by Gasteiger charge is -2.07. The highest BCUT2D eigenvalue weighted by Gasteiger charge is 2.09. The molecule has 1 aromatic carbocycles. The lowest BCUT2D eigenvalue weighted by Crippen LogP contribution is -2.01. The van der Waals surface area contributed by atoms with Crippen LogP contribution in [0, 0.1) is 6.92 Å². The fourth-order valence-corrected chi connectivity index (χ4v) is 2.31. The van der Waals surface area contributed by atoms with Crippen LogP contribution in [-0.2, 0) is 0 Å². The number of benzene rings is 1. The number of aryl methyl sites for hydroxylation is 1. The van der Waals surface area contributed by atoms with E-state index < -0.39 is 5.97 Å². The van der Waals surface area contributed by atoms with Crippen LogP contribution < -0.4 is 5.73 Å². The van der Waals surface area contributed by atoms with Crippen LogP contribution in [-0.4, -0.2) is 16.1 Å². The minimum Gasteiger partial charge on any atom is -0.478 e. The molecule has 18 heavy (non-hydrogen) atoms. The highest BCUT2D eigenvalue weighted by Crippen LogP contribution is 2.32. The molecule has 0 unspecified atom stereocenters. The van der Waals surface area contributed by atoms with Gasteiger partial charge in [-0.2, -0.15) is 0 Å². The number of carboxylic acid groups (broad SMARTS) is 1. The molecular formula is C13H12N2O2S. The molecule has 0 fully saturated rings. The largest absolute Gasteiger partial charge is 0.478 e. The molecule has 3 N–H and O–H groups in total. The quantitative estimate of drug-likeness (QED) is 0.887. The van der Waals surface area contributed by atoms with E-state index >= 15 is 0 Å². The van der Waals surface area contributed by atoms with Gasteiger partial charge < -0.3 is 10.8 Å². The van der Waals surface area contributed by atoms with Crippen molar-refractivity contribution in [2.24, 2.45) is 0 Å². The summed E-state index contributed by atoms with van der Waals surface area (Å²) >= 11 is 1.43. The second-order valence-electron chi connectivity index (χ2n) is 3.79. The van der Waals surface area contributed by atoms with Crippen molar-refractivity contribution in [2.45, 2.75) is 16.8 Å². The first kappa shape index (κ1) is 12.4. The monoisotopic (exact) mass is 260 g/mol. The van der Waals surface area contributed by atoms with Crippen molar-refractivity contribution >= 4 is 23.4 Å². The van der Waals surface area contributed by atoms with Crippen LogP contribution in [0.15, 0.2) is 46.5 Å². The van der Waals surface area contributed by atoms with Crippen LogP contribution >= 0.6 is 11.8 Å². The number of rotatable bonds is 3. The van der Waals surface area contributed by atoms with E-state index in [0.717, 1.165) is 10.5 Å². The number of nitrogens with zero attached hydrogens (tertiary/aromatic N) is 1. The summed E-state index contributed by atoms with van der Waals surface area (Å²) < 4.78 is 0. The Bertz CT molecular complexity index is 599. The number of hydrogen-bond donors (Lipinski definition) is 2. The fourth-order valence-electron chi connectivity index (χ4n) is 1.45. The maximum Gasteiger partial charge on any atom is 0.337 e. The first-order chi connectivity index (χ1) is 8.58. The van der Waals surface area contributed by atoms with E-state index in [0.29, 0.717) is 10.7 Å². The first-order valence-corrected chi connectivity index (χ1v) is 6.12. The number of hydrogen-bond acceptors (Lipinski definition) is 4. The number of pyridine rings is 1. The second kappa shape index (κ2) is 5.10. The van der Waals surface area contributed by atoms with E-state index in [1.165, 1.54) is 24.0 Å². The molecule has 0 aliphatic rings. The molecule has 0 aliphatic heterocycles. The van der Waals surface area contributed by atoms with Gasteiger partial charge in [0.15, 0.2) is 0 Å². The molecule has 0 radical (unpaired) electrons. The third-order valence-corrected chi connectivity index (χ3v) is 3.64. The van der Waals surface area contributed by atoms with Crippen LogP contribution in [0.3, 0.4) is 0 Å². The van der Waals surface area contributed by atoms with Gasteiger partial charge in [0, 0.05) is 11.1 Å². The van der Waals surface area contributed by atoms with E-state index in [1.807, 2.05) is 31.2 Å². The van der Waals surface area contributed by atoms with Gasteiger partial charge in [0.05, 0.1) is 11.3 Å². The maximum atomic E-state index is 10.8. The van der Waals surface area contributed by atoms with Gasteiger partial charge in [0.1, 0.15) is 5.03 Å². The predicted molar refractivity (Wildman–Crippen MR) is 70.9 cm³/mol. The summed E-state index contributed by atoms with van der Waals surface area (Å²) in [7, 11) is 0. The molecule has 0 spiro atoms. The van der Waals surface area contributed by atoms with E-state index in [9.17, 15) is 4.79 Å². The highest BCUT2D eigenvalue weighted by atomic mass is 32.2. The minimum atomic E-state index is -1.03. The van der Waals surface area contributed by atoms with E-state index in [4.69, 9.17) is 10.8 Å². The fraction of sp³-hybridized carbons (Fsp3) is 0.0769. The Kier molecular flexibility index (Phi) is 3.53. The number of carboxylic acids is 1. The molecule has 92 valence electrons. The molecule has 0 aliphatic carbocycles. The van der Waals surface area contributed by atoms with Crippen LogP contribution in [0.2, 0.25) is 0 Å². The average molecular weight is 260 g/mol. The highest BCUT2D eigenvalue weighted by molar-refractivity contribution is 7.99. The molecule has 2 aromatic rings. The van der Waals surface area contributed by atoms with Gasteiger partial charge in [-0.15, -0.1) is 0 Å². The van der Waals surface area contributed by atoms with E-state index in [-0.39, 0.29) is 5.56 Å². The van der Waals surface area contributed by atoms with Crippen LogP contribution in [0.4, 0.5) is 5.69 Å². The van der Waals surface area contributed by atoms with E-state index in [1.54, 1.807) is 0 Å². The molecule has 2 rings (SSSR count). The summed E-state index contributed by atoms with van der Waals surface area (Å²) in [5.74, 6) is -1.03. The molecule has 1 heterocycles. The van der Waals surface area contributed by atoms with Gasteiger partial charge >= 0.3 is 5.97 Å². The number of nitrogen functional groups attached to an aromatic ring is 1. The molecule has 0 saturated heterocycles. The van der Waals surface area contributed by atoms with Gasteiger partial charge in [-0.3, -0.25) is 0 Å². The van der Waals surface area contributed by atoms with Crippen molar-refractivity contribution in [2.75, 3.05) is 5.73 Å². The van der Waals surface area contributed by atoms with Gasteiger partial charge in [0.2, 0.25) is 0 Å². The minimum absolute atomic E-state index is 0.0987. The Morgan fingerprint density at radius 2 is 2.11 bits per heavy atom. The summed E-state index contributed by atoms with van der Waals surface area (Å²) in [4.78, 5) is 15.9. The summed E-state index contributed by atoms with van der Waals surface area (Å²) in [5.41, 5.74) is 7.42. The van der Waals surface area contributed by atoms with Crippen molar-refractivity contribution < 1.29 is 9.90 Å². The number of aromatic nitrogens is 1. The van der Waals surface area contributed by atoms with Crippen LogP contribution in [0.25, 0.3) is 0 Å². The Hall–Kier alpha value is -2.01. The van der Waals surface area contributed by atoms with Crippen molar-refractivity contribution in [3.05, 3.63) is 47.7 Å². The Morgan fingerprint density at radius 1 is 1.39 bits per heavy atom. The van der Waals surface area contributed by atoms with Gasteiger partial charge in [-0.1, -0.05) is 30.0 Å². The summed E-state index contributed by atoms with van der Waals surface area (Å²) in [6.07, 6.45) is 1.32. The molecule has 5 heteroatoms. The normalized spacial score (nSPS) is 10.3. The Labute approximate surface area is 109 Å². The lowest BCUT2D eigenvalue weighted by atomic mass is 10.2.